The molecule has 1 saturated heterocycles. The second-order valence-corrected chi connectivity index (χ2v) is 8.02. The van der Waals surface area contributed by atoms with E-state index in [4.69, 9.17) is 23.7 Å². The lowest BCUT2D eigenvalue weighted by atomic mass is 10.1. The third-order valence-corrected chi connectivity index (χ3v) is 5.63. The molecular weight excluding hydrogens is 498 g/mol. The summed E-state index contributed by atoms with van der Waals surface area (Å²) in [5.74, 6) is -0.551. The van der Waals surface area contributed by atoms with E-state index < -0.39 is 24.1 Å². The summed E-state index contributed by atoms with van der Waals surface area (Å²) in [4.78, 5) is 26.5. The Balaban J connectivity index is 0.00000456. The number of imide groups is 1. The number of nitrogens with one attached hydrogen (secondary N) is 1. The highest BCUT2D eigenvalue weighted by molar-refractivity contribution is 6.21. The van der Waals surface area contributed by atoms with Gasteiger partial charge in [0.15, 0.2) is 0 Å². The maximum Gasteiger partial charge on any atom is 0.262 e. The van der Waals surface area contributed by atoms with E-state index in [1.807, 2.05) is 7.05 Å². The summed E-state index contributed by atoms with van der Waals surface area (Å²) in [6.07, 6.45) is -0.998. The van der Waals surface area contributed by atoms with E-state index in [0.29, 0.717) is 65.0 Å². The first-order valence-corrected chi connectivity index (χ1v) is 11.8. The van der Waals surface area contributed by atoms with Crippen molar-refractivity contribution in [1.82, 2.24) is 15.3 Å². The largest absolute Gasteiger partial charge is 0.491 e. The van der Waals surface area contributed by atoms with Crippen LogP contribution in [0.25, 0.3) is 0 Å². The van der Waals surface area contributed by atoms with Crippen LogP contribution in [0, 0.1) is 0 Å². The minimum atomic E-state index is -1.30. The molecule has 13 heteroatoms. The minimum Gasteiger partial charge on any atom is -0.491 e. The molecule has 0 saturated carbocycles. The minimum absolute atomic E-state index is 0. The van der Waals surface area contributed by atoms with Gasteiger partial charge in [-0.25, -0.2) is 0 Å². The first-order valence-electron chi connectivity index (χ1n) is 11.8. The Morgan fingerprint density at radius 1 is 0.889 bits per heavy atom. The molecule has 3 rings (SSSR count). The van der Waals surface area contributed by atoms with Crippen LogP contribution < -0.4 is 10.1 Å². The number of amides is 2. The first kappa shape index (κ1) is 30.4. The van der Waals surface area contributed by atoms with Crippen LogP contribution in [0.3, 0.4) is 0 Å². The van der Waals surface area contributed by atoms with Gasteiger partial charge in [-0.1, -0.05) is 0 Å². The summed E-state index contributed by atoms with van der Waals surface area (Å²) < 4.78 is 27.3. The number of halogens is 1. The van der Waals surface area contributed by atoms with Crippen molar-refractivity contribution in [2.24, 2.45) is 0 Å². The highest BCUT2D eigenvalue weighted by Crippen LogP contribution is 2.32. The molecule has 0 spiro atoms. The Morgan fingerprint density at radius 3 is 2.00 bits per heavy atom. The van der Waals surface area contributed by atoms with Gasteiger partial charge in [0.2, 0.25) is 0 Å². The molecule has 2 unspecified atom stereocenters. The summed E-state index contributed by atoms with van der Waals surface area (Å²) >= 11 is 0. The maximum absolute atomic E-state index is 12.8. The molecule has 0 bridgehead atoms. The second-order valence-electron chi connectivity index (χ2n) is 8.02. The van der Waals surface area contributed by atoms with Crippen LogP contribution in [0.2, 0.25) is 0 Å². The lowest BCUT2D eigenvalue weighted by Crippen LogP contribution is -2.47. The van der Waals surface area contributed by atoms with E-state index in [-0.39, 0.29) is 36.7 Å². The summed E-state index contributed by atoms with van der Waals surface area (Å²) in [6.45, 7) is 5.17. The molecular formula is C23H36ClN3O9. The van der Waals surface area contributed by atoms with Crippen molar-refractivity contribution in [2.75, 3.05) is 79.6 Å². The van der Waals surface area contributed by atoms with Gasteiger partial charge in [0.25, 0.3) is 11.8 Å². The van der Waals surface area contributed by atoms with Crippen molar-refractivity contribution in [1.29, 1.82) is 0 Å². The second kappa shape index (κ2) is 16.1. The van der Waals surface area contributed by atoms with Crippen molar-refractivity contribution in [3.8, 4) is 5.75 Å². The van der Waals surface area contributed by atoms with Gasteiger partial charge in [0, 0.05) is 13.1 Å². The average molecular weight is 534 g/mol. The fourth-order valence-corrected chi connectivity index (χ4v) is 3.79. The Labute approximate surface area is 216 Å². The van der Waals surface area contributed by atoms with E-state index in [1.54, 1.807) is 6.07 Å². The maximum atomic E-state index is 12.8. The van der Waals surface area contributed by atoms with Crippen LogP contribution >= 0.6 is 12.4 Å². The van der Waals surface area contributed by atoms with Gasteiger partial charge in [0.05, 0.1) is 70.0 Å². The van der Waals surface area contributed by atoms with Gasteiger partial charge in [-0.2, -0.15) is 5.06 Å². The zero-order chi connectivity index (χ0) is 25.0. The fourth-order valence-electron chi connectivity index (χ4n) is 3.79. The number of hydrogen-bond acceptors (Lipinski definition) is 11. The van der Waals surface area contributed by atoms with E-state index >= 15 is 0 Å². The predicted octanol–water partition coefficient (Wildman–Crippen LogP) is 0.151. The molecule has 204 valence electrons. The zero-order valence-corrected chi connectivity index (χ0v) is 21.2. The van der Waals surface area contributed by atoms with Crippen molar-refractivity contribution in [2.45, 2.75) is 18.7 Å². The summed E-state index contributed by atoms with van der Waals surface area (Å²) in [6, 6.07) is 3.88. The van der Waals surface area contributed by atoms with Gasteiger partial charge in [-0.3, -0.25) is 14.5 Å². The number of aliphatic hydroxyl groups is 1. The van der Waals surface area contributed by atoms with Gasteiger partial charge < -0.3 is 39.3 Å². The highest BCUT2D eigenvalue weighted by Gasteiger charge is 2.46. The van der Waals surface area contributed by atoms with Crippen LogP contribution in [0.4, 0.5) is 0 Å². The number of fused-ring (bicyclic) bond motifs is 1. The number of nitrogens with zero attached hydrogens (tertiary/aromatic N) is 2. The normalized spacial score (nSPS) is 19.6. The smallest absolute Gasteiger partial charge is 0.262 e. The third kappa shape index (κ3) is 8.33. The molecule has 2 amide bonds. The molecule has 2 heterocycles. The molecule has 2 atom stereocenters. The number of carbonyl (C=O) groups is 2. The molecule has 12 nitrogen and oxygen atoms in total. The topological polar surface area (TPSA) is 139 Å². The molecule has 0 radical (unpaired) electrons. The van der Waals surface area contributed by atoms with Crippen molar-refractivity contribution in [3.63, 3.8) is 0 Å². The average Bonchev–Trinajstić information content (AvgIpc) is 3.31. The fraction of sp³-hybridized carbons (Fsp3) is 0.652. The lowest BCUT2D eigenvalue weighted by Gasteiger charge is -2.25. The zero-order valence-electron chi connectivity index (χ0n) is 20.4. The number of rotatable bonds is 17. The molecule has 36 heavy (non-hydrogen) atoms. The van der Waals surface area contributed by atoms with Gasteiger partial charge in [0.1, 0.15) is 18.6 Å². The molecule has 0 aromatic heterocycles. The monoisotopic (exact) mass is 533 g/mol. The number of aliphatic hydroxyl groups excluding tert-OH is 1. The van der Waals surface area contributed by atoms with Crippen LogP contribution in [0.5, 0.6) is 5.75 Å². The molecule has 0 aliphatic carbocycles. The van der Waals surface area contributed by atoms with E-state index in [2.05, 4.69) is 5.32 Å². The van der Waals surface area contributed by atoms with Crippen molar-refractivity contribution < 1.29 is 43.6 Å². The molecule has 1 aromatic rings. The van der Waals surface area contributed by atoms with Crippen LogP contribution in [0.1, 0.15) is 27.1 Å². The SMILES string of the molecule is CNCCOCCOCCOCCOCCOc1ccc2c(c1)C(=O)N(C1CCN(O)C1O)C2=O.Cl. The van der Waals surface area contributed by atoms with Gasteiger partial charge in [-0.05, 0) is 31.7 Å². The number of carbonyl (C=O) groups excluding carboxylic acids is 2. The summed E-state index contributed by atoms with van der Waals surface area (Å²) in [5, 5.41) is 23.4. The standard InChI is InChI=1S/C23H35N3O9.ClH/c1-24-5-7-31-8-9-32-10-11-33-12-13-34-14-15-35-17-2-3-18-19(16-17)22(28)26(21(18)27)20-4-6-25(30)23(20)29;/h2-3,16,20,23-24,29-30H,4-15H2,1H3;1H. The van der Waals surface area contributed by atoms with E-state index in [1.165, 1.54) is 12.1 Å². The number of benzene rings is 1. The quantitative estimate of drug-likeness (QED) is 0.186. The van der Waals surface area contributed by atoms with Gasteiger partial charge in [-0.15, -0.1) is 12.4 Å². The van der Waals surface area contributed by atoms with E-state index in [9.17, 15) is 19.9 Å². The van der Waals surface area contributed by atoms with Crippen LogP contribution in [0.15, 0.2) is 18.2 Å². The van der Waals surface area contributed by atoms with Gasteiger partial charge >= 0.3 is 0 Å². The molecule has 3 N–H and O–H groups in total. The highest BCUT2D eigenvalue weighted by atomic mass is 35.5. The summed E-state index contributed by atoms with van der Waals surface area (Å²) in [5.41, 5.74) is 0.474. The number of hydrogen-bond donors (Lipinski definition) is 3. The van der Waals surface area contributed by atoms with Crippen LogP contribution in [-0.2, 0) is 18.9 Å². The molecule has 1 aromatic carbocycles. The lowest BCUT2D eigenvalue weighted by molar-refractivity contribution is -0.179. The summed E-state index contributed by atoms with van der Waals surface area (Å²) in [7, 11) is 1.88. The van der Waals surface area contributed by atoms with Crippen molar-refractivity contribution in [3.05, 3.63) is 29.3 Å². The number of ether oxygens (including phenoxy) is 5. The number of likely N-dealkylation sites (N-methyl/N-ethyl adjacent to an activating group) is 1. The van der Waals surface area contributed by atoms with Crippen LogP contribution in [-0.4, -0.2) is 124 Å². The molecule has 1 fully saturated rings. The Bertz CT molecular complexity index is 832. The third-order valence-electron chi connectivity index (χ3n) is 5.63. The number of hydroxylamine groups is 2. The Morgan fingerprint density at radius 2 is 1.44 bits per heavy atom. The predicted molar refractivity (Wildman–Crippen MR) is 130 cm³/mol. The van der Waals surface area contributed by atoms with E-state index in [0.717, 1.165) is 16.5 Å². The Hall–Kier alpha value is -1.87. The first-order chi connectivity index (χ1) is 17.0. The molecule has 2 aliphatic heterocycles. The molecule has 2 aliphatic rings. The van der Waals surface area contributed by atoms with Crippen molar-refractivity contribution >= 4 is 24.2 Å². The Kier molecular flexibility index (Phi) is 13.6.